The van der Waals surface area contributed by atoms with Crippen LogP contribution in [-0.4, -0.2) is 31.8 Å². The lowest BCUT2D eigenvalue weighted by molar-refractivity contribution is 0.603. The molecule has 3 rings (SSSR count). The number of hydrogen-bond acceptors (Lipinski definition) is 7. The lowest BCUT2D eigenvalue weighted by Crippen LogP contribution is -2.17. The number of anilines is 1. The van der Waals surface area contributed by atoms with Gasteiger partial charge in [-0.3, -0.25) is 4.57 Å². The van der Waals surface area contributed by atoms with Crippen LogP contribution in [0.3, 0.4) is 0 Å². The Balaban J connectivity index is 2.05. The Bertz CT molecular complexity index is 821. The van der Waals surface area contributed by atoms with E-state index in [2.05, 4.69) is 25.5 Å². The highest BCUT2D eigenvalue weighted by atomic mass is 32.2. The van der Waals surface area contributed by atoms with Gasteiger partial charge in [0.15, 0.2) is 5.16 Å². The van der Waals surface area contributed by atoms with Gasteiger partial charge in [0.2, 0.25) is 5.95 Å². The summed E-state index contributed by atoms with van der Waals surface area (Å²) < 4.78 is 1.63. The molecule has 0 atom stereocenters. The molecule has 0 radical (unpaired) electrons. The molecule has 21 heavy (non-hydrogen) atoms. The average molecular weight is 322 g/mol. The summed E-state index contributed by atoms with van der Waals surface area (Å²) in [5, 5.41) is 13.9. The number of H-pyrrole nitrogens is 1. The zero-order chi connectivity index (χ0) is 14.8. The number of fused-ring (bicyclic) bond motifs is 1. The van der Waals surface area contributed by atoms with Crippen molar-refractivity contribution in [3.8, 4) is 0 Å². The monoisotopic (exact) mass is 322 g/mol. The van der Waals surface area contributed by atoms with Crippen LogP contribution < -0.4 is 11.0 Å². The van der Waals surface area contributed by atoms with Crippen LogP contribution in [0.25, 0.3) is 10.2 Å². The highest BCUT2D eigenvalue weighted by Crippen LogP contribution is 2.32. The van der Waals surface area contributed by atoms with E-state index in [0.29, 0.717) is 17.6 Å². The van der Waals surface area contributed by atoms with Crippen molar-refractivity contribution >= 4 is 39.3 Å². The highest BCUT2D eigenvalue weighted by molar-refractivity contribution is 7.99. The Morgan fingerprint density at radius 2 is 2.33 bits per heavy atom. The fourth-order valence-corrected chi connectivity index (χ4v) is 3.69. The summed E-state index contributed by atoms with van der Waals surface area (Å²) in [6.07, 6.45) is 0.867. The van der Waals surface area contributed by atoms with Crippen molar-refractivity contribution in [2.24, 2.45) is 0 Å². The first kappa shape index (κ1) is 14.1. The van der Waals surface area contributed by atoms with Crippen LogP contribution in [0.15, 0.2) is 26.4 Å². The van der Waals surface area contributed by atoms with Crippen molar-refractivity contribution in [3.05, 3.63) is 21.9 Å². The topological polar surface area (TPSA) is 88.5 Å². The molecule has 0 aliphatic carbocycles. The van der Waals surface area contributed by atoms with Gasteiger partial charge in [0.25, 0.3) is 0 Å². The Morgan fingerprint density at radius 3 is 3.10 bits per heavy atom. The predicted octanol–water partition coefficient (Wildman–Crippen LogP) is 2.18. The molecule has 3 aromatic heterocycles. The number of nitrogens with zero attached hydrogens (tertiary/aromatic N) is 4. The molecule has 0 aromatic carbocycles. The quantitative estimate of drug-likeness (QED) is 0.700. The highest BCUT2D eigenvalue weighted by Gasteiger charge is 2.14. The minimum absolute atomic E-state index is 0.191. The van der Waals surface area contributed by atoms with E-state index < -0.39 is 0 Å². The van der Waals surface area contributed by atoms with Crippen LogP contribution in [-0.2, 0) is 6.54 Å². The third-order valence-electron chi connectivity index (χ3n) is 2.87. The number of rotatable bonds is 5. The summed E-state index contributed by atoms with van der Waals surface area (Å²) in [5.41, 5.74) is -0.191. The predicted molar refractivity (Wildman–Crippen MR) is 84.2 cm³/mol. The first-order chi connectivity index (χ1) is 10.2. The molecule has 0 fully saturated rings. The minimum Gasteiger partial charge on any atom is -0.357 e. The summed E-state index contributed by atoms with van der Waals surface area (Å²) in [6, 6.07) is 1.98. The fraction of sp³-hybridized carbons (Fsp3) is 0.333. The summed E-state index contributed by atoms with van der Waals surface area (Å²) in [7, 11) is 1.78. The lowest BCUT2D eigenvalue weighted by Gasteiger charge is -2.06. The van der Waals surface area contributed by atoms with Gasteiger partial charge >= 0.3 is 5.69 Å². The second-order valence-electron chi connectivity index (χ2n) is 4.31. The molecule has 110 valence electrons. The average Bonchev–Trinajstić information content (AvgIpc) is 3.08. The zero-order valence-electron chi connectivity index (χ0n) is 11.6. The zero-order valence-corrected chi connectivity index (χ0v) is 13.2. The maximum absolute atomic E-state index is 11.7. The lowest BCUT2D eigenvalue weighted by atomic mass is 10.4. The second-order valence-corrected chi connectivity index (χ2v) is 6.16. The standard InChI is InChI=1S/C12H14N6OS2/c1-3-5-18-11(19)16-17-12(18)21-9-7-4-6-20-8(7)14-10(13-2)15-9/h4,6H,3,5H2,1-2H3,(H,16,19)(H,13,14,15). The van der Waals surface area contributed by atoms with Crippen LogP contribution in [0, 0.1) is 0 Å². The van der Waals surface area contributed by atoms with E-state index in [1.54, 1.807) is 23.0 Å². The Morgan fingerprint density at radius 1 is 1.48 bits per heavy atom. The molecule has 0 saturated heterocycles. The van der Waals surface area contributed by atoms with Gasteiger partial charge in [-0.1, -0.05) is 6.92 Å². The summed E-state index contributed by atoms with van der Waals surface area (Å²) >= 11 is 2.93. The van der Waals surface area contributed by atoms with Gasteiger partial charge in [-0.2, -0.15) is 0 Å². The molecule has 0 saturated carbocycles. The molecule has 0 spiro atoms. The first-order valence-corrected chi connectivity index (χ1v) is 8.18. The second kappa shape index (κ2) is 5.86. The summed E-state index contributed by atoms with van der Waals surface area (Å²) in [6.45, 7) is 2.66. The third-order valence-corrected chi connectivity index (χ3v) is 4.68. The number of aromatic nitrogens is 5. The largest absolute Gasteiger partial charge is 0.357 e. The van der Waals surface area contributed by atoms with Crippen molar-refractivity contribution in [1.82, 2.24) is 24.7 Å². The molecule has 0 aliphatic heterocycles. The van der Waals surface area contributed by atoms with Crippen molar-refractivity contribution in [2.45, 2.75) is 30.1 Å². The third kappa shape index (κ3) is 2.66. The molecule has 2 N–H and O–H groups in total. The van der Waals surface area contributed by atoms with E-state index in [9.17, 15) is 4.79 Å². The SMILES string of the molecule is CCCn1c(Sc2nc(NC)nc3sccc23)n[nH]c1=O. The number of aromatic amines is 1. The number of hydrogen-bond donors (Lipinski definition) is 2. The summed E-state index contributed by atoms with van der Waals surface area (Å²) in [4.78, 5) is 21.5. The van der Waals surface area contributed by atoms with E-state index in [4.69, 9.17) is 0 Å². The molecule has 9 heteroatoms. The molecule has 3 aromatic rings. The molecular formula is C12H14N6OS2. The van der Waals surface area contributed by atoms with Crippen LogP contribution in [0.2, 0.25) is 0 Å². The molecule has 0 unspecified atom stereocenters. The van der Waals surface area contributed by atoms with E-state index in [-0.39, 0.29) is 5.69 Å². The van der Waals surface area contributed by atoms with Crippen molar-refractivity contribution < 1.29 is 0 Å². The van der Waals surface area contributed by atoms with Crippen LogP contribution in [0.1, 0.15) is 13.3 Å². The molecule has 0 aliphatic rings. The van der Waals surface area contributed by atoms with Crippen LogP contribution >= 0.6 is 23.1 Å². The van der Waals surface area contributed by atoms with Crippen molar-refractivity contribution in [2.75, 3.05) is 12.4 Å². The maximum Gasteiger partial charge on any atom is 0.343 e. The number of nitrogens with one attached hydrogen (secondary N) is 2. The van der Waals surface area contributed by atoms with Gasteiger partial charge < -0.3 is 5.32 Å². The molecule has 3 heterocycles. The van der Waals surface area contributed by atoms with E-state index in [1.165, 1.54) is 11.8 Å². The van der Waals surface area contributed by atoms with Gasteiger partial charge in [0.1, 0.15) is 9.86 Å². The molecule has 7 nitrogen and oxygen atoms in total. The molecular weight excluding hydrogens is 308 g/mol. The Labute approximate surface area is 128 Å². The van der Waals surface area contributed by atoms with E-state index >= 15 is 0 Å². The van der Waals surface area contributed by atoms with E-state index in [1.807, 2.05) is 18.4 Å². The Hall–Kier alpha value is -1.87. The number of thiophene rings is 1. The van der Waals surface area contributed by atoms with Gasteiger partial charge in [0, 0.05) is 19.0 Å². The van der Waals surface area contributed by atoms with Gasteiger partial charge in [-0.25, -0.2) is 19.9 Å². The smallest absolute Gasteiger partial charge is 0.343 e. The van der Waals surface area contributed by atoms with Crippen molar-refractivity contribution in [1.29, 1.82) is 0 Å². The van der Waals surface area contributed by atoms with Crippen LogP contribution in [0.5, 0.6) is 0 Å². The normalized spacial score (nSPS) is 11.1. The van der Waals surface area contributed by atoms with Crippen molar-refractivity contribution in [3.63, 3.8) is 0 Å². The minimum atomic E-state index is -0.191. The fourth-order valence-electron chi connectivity index (χ4n) is 1.91. The van der Waals surface area contributed by atoms with Crippen LogP contribution in [0.4, 0.5) is 5.95 Å². The molecule has 0 amide bonds. The summed E-state index contributed by atoms with van der Waals surface area (Å²) in [5.74, 6) is 0.562. The van der Waals surface area contributed by atoms with Gasteiger partial charge in [0.05, 0.1) is 0 Å². The van der Waals surface area contributed by atoms with Gasteiger partial charge in [-0.15, -0.1) is 16.4 Å². The molecule has 0 bridgehead atoms. The maximum atomic E-state index is 11.7. The van der Waals surface area contributed by atoms with Gasteiger partial charge in [-0.05, 0) is 29.6 Å². The van der Waals surface area contributed by atoms with E-state index in [0.717, 1.165) is 21.7 Å². The Kier molecular flexibility index (Phi) is 3.93. The first-order valence-electron chi connectivity index (χ1n) is 6.49.